The van der Waals surface area contributed by atoms with Gasteiger partial charge in [0.15, 0.2) is 5.78 Å². The molecule has 2 aliphatic carbocycles. The van der Waals surface area contributed by atoms with E-state index in [4.69, 9.17) is 10.7 Å². The smallest absolute Gasteiger partial charge is 0.299 e. The third kappa shape index (κ3) is 5.20. The van der Waals surface area contributed by atoms with E-state index in [1.54, 1.807) is 6.20 Å². The monoisotopic (exact) mass is 515 g/mol. The molecule has 0 spiro atoms. The molecule has 0 radical (unpaired) electrons. The molecule has 2 fully saturated rings. The van der Waals surface area contributed by atoms with Crippen molar-refractivity contribution in [2.45, 2.75) is 44.6 Å². The van der Waals surface area contributed by atoms with Gasteiger partial charge in [-0.15, -0.1) is 5.73 Å². The van der Waals surface area contributed by atoms with Crippen molar-refractivity contribution in [3.63, 3.8) is 0 Å². The highest BCUT2D eigenvalue weighted by Crippen LogP contribution is 2.36. The maximum atomic E-state index is 12.9. The molecular formula is C32H29N5O2. The summed E-state index contributed by atoms with van der Waals surface area (Å²) in [6, 6.07) is 7.29. The SMILES string of the molecule is Nc1nccn2c([C@@H]3CCCN3C(=O)C#CC3CC3)nc(-c3ccc(C(=O)CCC4=C=CC=CC=C4)cc3)c12. The van der Waals surface area contributed by atoms with Crippen molar-refractivity contribution < 1.29 is 9.59 Å². The topological polar surface area (TPSA) is 93.6 Å². The molecule has 1 atom stereocenters. The van der Waals surface area contributed by atoms with Crippen LogP contribution in [0.3, 0.4) is 0 Å². The van der Waals surface area contributed by atoms with Crippen molar-refractivity contribution in [1.29, 1.82) is 0 Å². The Kier molecular flexibility index (Phi) is 6.71. The fourth-order valence-corrected chi connectivity index (χ4v) is 5.12. The molecule has 2 N–H and O–H groups in total. The molecule has 3 heterocycles. The van der Waals surface area contributed by atoms with Crippen LogP contribution in [-0.4, -0.2) is 37.5 Å². The number of rotatable bonds is 6. The van der Waals surface area contributed by atoms with Gasteiger partial charge in [0.1, 0.15) is 22.9 Å². The van der Waals surface area contributed by atoms with E-state index < -0.39 is 0 Å². The van der Waals surface area contributed by atoms with E-state index >= 15 is 0 Å². The molecule has 3 aliphatic rings. The number of ketones is 1. The molecule has 1 aromatic carbocycles. The number of hydrogen-bond donors (Lipinski definition) is 1. The number of hydrogen-bond acceptors (Lipinski definition) is 5. The van der Waals surface area contributed by atoms with Gasteiger partial charge >= 0.3 is 0 Å². The van der Waals surface area contributed by atoms with Crippen molar-refractivity contribution >= 4 is 23.0 Å². The lowest BCUT2D eigenvalue weighted by atomic mass is 10.0. The maximum Gasteiger partial charge on any atom is 0.299 e. The second-order valence-corrected chi connectivity index (χ2v) is 10.1. The largest absolute Gasteiger partial charge is 0.382 e. The standard InChI is InChI=1S/C32H29N5O2/c33-31-30-29(25-15-13-24(14-16-25)27(38)17-11-22-6-3-1-2-4-7-22)35-32(37(30)21-19-34-31)26-8-5-20-36(26)28(39)18-12-23-9-10-23/h1-4,6,13-16,19,21,23,26H,5,8-11,17,20H2,(H2,33,34)/t26-/m0/s1. The zero-order valence-corrected chi connectivity index (χ0v) is 21.6. The molecule has 2 aromatic heterocycles. The van der Waals surface area contributed by atoms with Crippen LogP contribution in [0.1, 0.15) is 60.7 Å². The third-order valence-electron chi connectivity index (χ3n) is 7.37. The number of allylic oxidation sites excluding steroid dienone is 5. The van der Waals surface area contributed by atoms with Gasteiger partial charge in [-0.05, 0) is 49.7 Å². The molecule has 6 rings (SSSR count). The van der Waals surface area contributed by atoms with Crippen molar-refractivity contribution in [2.75, 3.05) is 12.3 Å². The second kappa shape index (κ2) is 10.6. The first kappa shape index (κ1) is 24.7. The van der Waals surface area contributed by atoms with Gasteiger partial charge < -0.3 is 10.6 Å². The molecule has 194 valence electrons. The molecule has 39 heavy (non-hydrogen) atoms. The van der Waals surface area contributed by atoms with E-state index in [1.165, 1.54) is 0 Å². The quantitative estimate of drug-likeness (QED) is 0.276. The van der Waals surface area contributed by atoms with Crippen LogP contribution in [0.2, 0.25) is 0 Å². The average molecular weight is 516 g/mol. The molecular weight excluding hydrogens is 486 g/mol. The summed E-state index contributed by atoms with van der Waals surface area (Å²) in [6.45, 7) is 0.656. The first-order chi connectivity index (χ1) is 19.1. The van der Waals surface area contributed by atoms with Crippen LogP contribution in [0, 0.1) is 17.8 Å². The lowest BCUT2D eigenvalue weighted by Gasteiger charge is -2.21. The summed E-state index contributed by atoms with van der Waals surface area (Å²) in [4.78, 5) is 37.0. The van der Waals surface area contributed by atoms with Crippen LogP contribution in [0.15, 0.2) is 78.3 Å². The highest BCUT2D eigenvalue weighted by atomic mass is 16.2. The summed E-state index contributed by atoms with van der Waals surface area (Å²) < 4.78 is 1.94. The van der Waals surface area contributed by atoms with Crippen LogP contribution in [0.25, 0.3) is 16.8 Å². The highest BCUT2D eigenvalue weighted by Gasteiger charge is 2.34. The van der Waals surface area contributed by atoms with E-state index in [2.05, 4.69) is 22.6 Å². The van der Waals surface area contributed by atoms with E-state index in [1.807, 2.05) is 70.1 Å². The maximum absolute atomic E-state index is 12.9. The van der Waals surface area contributed by atoms with Crippen LogP contribution in [0.4, 0.5) is 5.82 Å². The molecule has 7 heteroatoms. The number of aromatic nitrogens is 3. The van der Waals surface area contributed by atoms with Gasteiger partial charge in [0.25, 0.3) is 5.91 Å². The lowest BCUT2D eigenvalue weighted by Crippen LogP contribution is -2.30. The van der Waals surface area contributed by atoms with E-state index in [0.29, 0.717) is 47.9 Å². The zero-order chi connectivity index (χ0) is 26.8. The first-order valence-electron chi connectivity index (χ1n) is 13.5. The van der Waals surface area contributed by atoms with Crippen molar-refractivity contribution in [2.24, 2.45) is 5.92 Å². The van der Waals surface area contributed by atoms with Crippen LogP contribution in [0.5, 0.6) is 0 Å². The molecule has 0 bridgehead atoms. The number of carbonyl (C=O) groups is 2. The second-order valence-electron chi connectivity index (χ2n) is 10.1. The Balaban J connectivity index is 1.27. The van der Waals surface area contributed by atoms with E-state index in [-0.39, 0.29) is 17.7 Å². The van der Waals surface area contributed by atoms with Gasteiger partial charge in [0.05, 0.1) is 6.04 Å². The molecule has 1 amide bonds. The fourth-order valence-electron chi connectivity index (χ4n) is 5.12. The van der Waals surface area contributed by atoms with Crippen LogP contribution < -0.4 is 5.73 Å². The Morgan fingerprint density at radius 1 is 1.10 bits per heavy atom. The van der Waals surface area contributed by atoms with Gasteiger partial charge in [0, 0.05) is 42.4 Å². The molecule has 0 unspecified atom stereocenters. The van der Waals surface area contributed by atoms with Gasteiger partial charge in [-0.2, -0.15) is 0 Å². The minimum Gasteiger partial charge on any atom is -0.382 e. The van der Waals surface area contributed by atoms with Gasteiger partial charge in [-0.1, -0.05) is 54.5 Å². The van der Waals surface area contributed by atoms with E-state index in [0.717, 1.165) is 42.6 Å². The number of amides is 1. The highest BCUT2D eigenvalue weighted by molar-refractivity contribution is 5.97. The van der Waals surface area contributed by atoms with Gasteiger partial charge in [-0.3, -0.25) is 14.0 Å². The predicted octanol–water partition coefficient (Wildman–Crippen LogP) is 5.23. The Morgan fingerprint density at radius 3 is 2.77 bits per heavy atom. The summed E-state index contributed by atoms with van der Waals surface area (Å²) in [7, 11) is 0. The lowest BCUT2D eigenvalue weighted by molar-refractivity contribution is -0.126. The number of Topliss-reactive ketones (excluding diaryl/α,β-unsaturated/α-hetero) is 1. The summed E-state index contributed by atoms with van der Waals surface area (Å²) in [5.74, 6) is 7.36. The zero-order valence-electron chi connectivity index (χ0n) is 21.6. The first-order valence-corrected chi connectivity index (χ1v) is 13.5. The number of nitrogen functional groups attached to an aromatic ring is 1. The third-order valence-corrected chi connectivity index (χ3v) is 7.37. The summed E-state index contributed by atoms with van der Waals surface area (Å²) >= 11 is 0. The van der Waals surface area contributed by atoms with Gasteiger partial charge in [-0.25, -0.2) is 9.97 Å². The Bertz CT molecular complexity index is 1640. The Hall–Kier alpha value is -4.66. The molecule has 3 aromatic rings. The Morgan fingerprint density at radius 2 is 1.95 bits per heavy atom. The number of fused-ring (bicyclic) bond motifs is 1. The number of nitrogens with two attached hydrogens (primary N) is 1. The molecule has 1 saturated carbocycles. The minimum atomic E-state index is -0.188. The van der Waals surface area contributed by atoms with Crippen LogP contribution in [-0.2, 0) is 4.79 Å². The van der Waals surface area contributed by atoms with Gasteiger partial charge in [0.2, 0.25) is 0 Å². The number of nitrogens with zero attached hydrogens (tertiary/aromatic N) is 4. The number of likely N-dealkylation sites (tertiary alicyclic amines) is 1. The summed E-state index contributed by atoms with van der Waals surface area (Å²) in [5, 5.41) is 0. The number of benzene rings is 1. The molecule has 7 nitrogen and oxygen atoms in total. The predicted molar refractivity (Wildman–Crippen MR) is 150 cm³/mol. The summed E-state index contributed by atoms with van der Waals surface area (Å²) in [6.07, 6.45) is 18.1. The molecule has 1 aliphatic heterocycles. The number of anilines is 1. The molecule has 1 saturated heterocycles. The average Bonchev–Trinajstić information content (AvgIpc) is 3.61. The normalized spacial score (nSPS) is 18.1. The van der Waals surface area contributed by atoms with Crippen molar-refractivity contribution in [3.8, 4) is 23.1 Å². The van der Waals surface area contributed by atoms with Crippen molar-refractivity contribution in [1.82, 2.24) is 19.3 Å². The van der Waals surface area contributed by atoms with Crippen molar-refractivity contribution in [3.05, 3.63) is 89.7 Å². The minimum absolute atomic E-state index is 0.0745. The Labute approximate surface area is 227 Å². The number of carbonyl (C=O) groups excluding carboxylic acids is 2. The number of imidazole rings is 1. The fraction of sp³-hybridized carbons (Fsp3) is 0.281. The van der Waals surface area contributed by atoms with Crippen LogP contribution >= 0.6 is 0 Å². The van der Waals surface area contributed by atoms with E-state index in [9.17, 15) is 9.59 Å². The summed E-state index contributed by atoms with van der Waals surface area (Å²) in [5.41, 5.74) is 13.4.